The third-order valence-corrected chi connectivity index (χ3v) is 2.85. The van der Waals surface area contributed by atoms with Crippen molar-refractivity contribution in [3.8, 4) is 0 Å². The van der Waals surface area contributed by atoms with Gasteiger partial charge in [-0.2, -0.15) is 0 Å². The number of rotatable bonds is 1. The SMILES string of the molecule is Cc1c(C(N)=S)c2ccccc2n1C. The van der Waals surface area contributed by atoms with Crippen molar-refractivity contribution < 1.29 is 0 Å². The van der Waals surface area contributed by atoms with E-state index in [9.17, 15) is 0 Å². The Kier molecular flexibility index (Phi) is 2.04. The first-order valence-electron chi connectivity index (χ1n) is 4.46. The highest BCUT2D eigenvalue weighted by Gasteiger charge is 2.12. The van der Waals surface area contributed by atoms with E-state index >= 15 is 0 Å². The zero-order chi connectivity index (χ0) is 10.3. The van der Waals surface area contributed by atoms with E-state index in [1.165, 1.54) is 5.52 Å². The predicted octanol–water partition coefficient (Wildman–Crippen LogP) is 2.12. The van der Waals surface area contributed by atoms with Crippen LogP contribution in [0.3, 0.4) is 0 Å². The van der Waals surface area contributed by atoms with Crippen molar-refractivity contribution in [2.75, 3.05) is 0 Å². The maximum Gasteiger partial charge on any atom is 0.106 e. The molecule has 0 spiro atoms. The molecular formula is C11H12N2S. The van der Waals surface area contributed by atoms with Gasteiger partial charge in [-0.3, -0.25) is 0 Å². The van der Waals surface area contributed by atoms with Crippen LogP contribution < -0.4 is 5.73 Å². The largest absolute Gasteiger partial charge is 0.389 e. The number of aryl methyl sites for hydroxylation is 1. The summed E-state index contributed by atoms with van der Waals surface area (Å²) in [5.74, 6) is 0. The van der Waals surface area contributed by atoms with Crippen molar-refractivity contribution in [2.24, 2.45) is 12.8 Å². The van der Waals surface area contributed by atoms with Crippen LogP contribution in [0.4, 0.5) is 0 Å². The van der Waals surface area contributed by atoms with Gasteiger partial charge in [0.15, 0.2) is 0 Å². The quantitative estimate of drug-likeness (QED) is 0.721. The smallest absolute Gasteiger partial charge is 0.106 e. The molecule has 3 heteroatoms. The van der Waals surface area contributed by atoms with E-state index in [1.54, 1.807) is 0 Å². The Morgan fingerprint density at radius 1 is 1.36 bits per heavy atom. The lowest BCUT2D eigenvalue weighted by Crippen LogP contribution is -2.10. The Labute approximate surface area is 88.3 Å². The molecule has 0 aliphatic rings. The number of hydrogen-bond acceptors (Lipinski definition) is 1. The Morgan fingerprint density at radius 2 is 2.00 bits per heavy atom. The van der Waals surface area contributed by atoms with Crippen LogP contribution in [0, 0.1) is 6.92 Å². The first kappa shape index (κ1) is 9.21. The summed E-state index contributed by atoms with van der Waals surface area (Å²) in [5, 5.41) is 1.14. The Hall–Kier alpha value is -1.35. The van der Waals surface area contributed by atoms with Crippen molar-refractivity contribution in [1.82, 2.24) is 4.57 Å². The number of fused-ring (bicyclic) bond motifs is 1. The molecule has 2 nitrogen and oxygen atoms in total. The van der Waals surface area contributed by atoms with Gasteiger partial charge in [0.2, 0.25) is 0 Å². The van der Waals surface area contributed by atoms with Crippen LogP contribution in [0.1, 0.15) is 11.3 Å². The molecule has 0 fully saturated rings. The van der Waals surface area contributed by atoms with E-state index in [0.29, 0.717) is 4.99 Å². The minimum Gasteiger partial charge on any atom is -0.389 e. The second-order valence-electron chi connectivity index (χ2n) is 3.40. The van der Waals surface area contributed by atoms with Crippen LogP contribution in [0.2, 0.25) is 0 Å². The molecule has 72 valence electrons. The lowest BCUT2D eigenvalue weighted by molar-refractivity contribution is 0.916. The van der Waals surface area contributed by atoms with Gasteiger partial charge in [0, 0.05) is 29.2 Å². The van der Waals surface area contributed by atoms with E-state index in [1.807, 2.05) is 26.1 Å². The van der Waals surface area contributed by atoms with Crippen LogP contribution in [-0.4, -0.2) is 9.56 Å². The van der Waals surface area contributed by atoms with Crippen molar-refractivity contribution in [3.63, 3.8) is 0 Å². The zero-order valence-electron chi connectivity index (χ0n) is 8.24. The van der Waals surface area contributed by atoms with Gasteiger partial charge < -0.3 is 10.3 Å². The van der Waals surface area contributed by atoms with Crippen molar-refractivity contribution in [1.29, 1.82) is 0 Å². The molecule has 0 atom stereocenters. The standard InChI is InChI=1S/C11H12N2S/c1-7-10(11(12)14)8-5-3-4-6-9(8)13(7)2/h3-6H,1-2H3,(H2,12,14). The molecule has 0 unspecified atom stereocenters. The molecule has 0 saturated carbocycles. The second-order valence-corrected chi connectivity index (χ2v) is 3.84. The van der Waals surface area contributed by atoms with Gasteiger partial charge in [0.25, 0.3) is 0 Å². The normalized spacial score (nSPS) is 10.7. The monoisotopic (exact) mass is 204 g/mol. The van der Waals surface area contributed by atoms with E-state index < -0.39 is 0 Å². The first-order valence-corrected chi connectivity index (χ1v) is 4.87. The molecule has 0 aliphatic heterocycles. The summed E-state index contributed by atoms with van der Waals surface area (Å²) in [6.07, 6.45) is 0. The summed E-state index contributed by atoms with van der Waals surface area (Å²) in [4.78, 5) is 0.472. The molecule has 1 aromatic heterocycles. The first-order chi connectivity index (χ1) is 6.63. The maximum atomic E-state index is 5.71. The second kappa shape index (κ2) is 3.10. The Balaban J connectivity index is 2.95. The fourth-order valence-electron chi connectivity index (χ4n) is 1.83. The van der Waals surface area contributed by atoms with Crippen LogP contribution in [-0.2, 0) is 7.05 Å². The lowest BCUT2D eigenvalue weighted by Gasteiger charge is -1.98. The molecule has 2 aromatic rings. The van der Waals surface area contributed by atoms with E-state index in [4.69, 9.17) is 18.0 Å². The Morgan fingerprint density at radius 3 is 2.64 bits per heavy atom. The highest BCUT2D eigenvalue weighted by molar-refractivity contribution is 7.80. The van der Waals surface area contributed by atoms with Gasteiger partial charge in [0.1, 0.15) is 4.99 Å². The van der Waals surface area contributed by atoms with E-state index in [0.717, 1.165) is 16.6 Å². The Bertz CT molecular complexity index is 511. The lowest BCUT2D eigenvalue weighted by atomic mass is 10.1. The van der Waals surface area contributed by atoms with Crippen molar-refractivity contribution >= 4 is 28.1 Å². The van der Waals surface area contributed by atoms with E-state index in [-0.39, 0.29) is 0 Å². The number of thiocarbonyl (C=S) groups is 1. The fourth-order valence-corrected chi connectivity index (χ4v) is 2.09. The van der Waals surface area contributed by atoms with Gasteiger partial charge >= 0.3 is 0 Å². The number of aromatic nitrogens is 1. The molecule has 1 aromatic carbocycles. The number of para-hydroxylation sites is 1. The van der Waals surface area contributed by atoms with Crippen LogP contribution >= 0.6 is 12.2 Å². The molecule has 0 saturated heterocycles. The fraction of sp³-hybridized carbons (Fsp3) is 0.182. The van der Waals surface area contributed by atoms with Crippen LogP contribution in [0.25, 0.3) is 10.9 Å². The summed E-state index contributed by atoms with van der Waals surface area (Å²) in [6, 6.07) is 8.15. The number of hydrogen-bond donors (Lipinski definition) is 1. The molecular weight excluding hydrogens is 192 g/mol. The predicted molar refractivity (Wildman–Crippen MR) is 63.5 cm³/mol. The summed E-state index contributed by atoms with van der Waals surface area (Å²) in [5.41, 5.74) is 9.01. The highest BCUT2D eigenvalue weighted by Crippen LogP contribution is 2.24. The molecule has 2 N–H and O–H groups in total. The molecule has 1 heterocycles. The number of nitrogens with two attached hydrogens (primary N) is 1. The van der Waals surface area contributed by atoms with Gasteiger partial charge in [-0.25, -0.2) is 0 Å². The average Bonchev–Trinajstić information content (AvgIpc) is 2.41. The minimum absolute atomic E-state index is 0.472. The topological polar surface area (TPSA) is 30.9 Å². The summed E-state index contributed by atoms with van der Waals surface area (Å²) < 4.78 is 2.11. The van der Waals surface area contributed by atoms with Gasteiger partial charge in [-0.05, 0) is 13.0 Å². The van der Waals surface area contributed by atoms with E-state index in [2.05, 4.69) is 16.7 Å². The third-order valence-electron chi connectivity index (χ3n) is 2.65. The van der Waals surface area contributed by atoms with Crippen LogP contribution in [0.15, 0.2) is 24.3 Å². The molecule has 2 rings (SSSR count). The van der Waals surface area contributed by atoms with Gasteiger partial charge in [0.05, 0.1) is 0 Å². The number of benzene rings is 1. The van der Waals surface area contributed by atoms with Gasteiger partial charge in [-0.15, -0.1) is 0 Å². The van der Waals surface area contributed by atoms with Crippen LogP contribution in [0.5, 0.6) is 0 Å². The molecule has 14 heavy (non-hydrogen) atoms. The average molecular weight is 204 g/mol. The van der Waals surface area contributed by atoms with Crippen molar-refractivity contribution in [2.45, 2.75) is 6.92 Å². The zero-order valence-corrected chi connectivity index (χ0v) is 9.06. The van der Waals surface area contributed by atoms with Crippen molar-refractivity contribution in [3.05, 3.63) is 35.5 Å². The third kappa shape index (κ3) is 1.13. The summed E-state index contributed by atoms with van der Waals surface area (Å²) >= 11 is 5.05. The minimum atomic E-state index is 0.472. The molecule has 0 amide bonds. The molecule has 0 aliphatic carbocycles. The number of nitrogens with zero attached hydrogens (tertiary/aromatic N) is 1. The molecule has 0 radical (unpaired) electrons. The summed E-state index contributed by atoms with van der Waals surface area (Å²) in [7, 11) is 2.03. The van der Waals surface area contributed by atoms with Gasteiger partial charge in [-0.1, -0.05) is 30.4 Å². The summed E-state index contributed by atoms with van der Waals surface area (Å²) in [6.45, 7) is 2.04. The highest BCUT2D eigenvalue weighted by atomic mass is 32.1. The molecule has 0 bridgehead atoms. The maximum absolute atomic E-state index is 5.71.